The van der Waals surface area contributed by atoms with E-state index in [1.165, 1.54) is 25.7 Å². The van der Waals surface area contributed by atoms with Crippen molar-refractivity contribution in [3.05, 3.63) is 29.8 Å². The van der Waals surface area contributed by atoms with Crippen LogP contribution >= 0.6 is 0 Å². The Kier molecular flexibility index (Phi) is 5.40. The number of hydrogen-bond acceptors (Lipinski definition) is 3. The molecule has 3 nitrogen and oxygen atoms in total. The molecule has 0 aliphatic carbocycles. The number of ketones is 1. The molecule has 0 aromatic heterocycles. The molecule has 2 rings (SSSR count). The van der Waals surface area contributed by atoms with Crippen molar-refractivity contribution in [3.8, 4) is 5.75 Å². The van der Waals surface area contributed by atoms with Crippen LogP contribution in [0.1, 0.15) is 49.9 Å². The number of rotatable bonds is 6. The van der Waals surface area contributed by atoms with Gasteiger partial charge in [-0.3, -0.25) is 9.69 Å². The van der Waals surface area contributed by atoms with Crippen molar-refractivity contribution in [1.82, 2.24) is 4.90 Å². The number of benzene rings is 1. The quantitative estimate of drug-likeness (QED) is 0.746. The molecule has 3 heteroatoms. The number of piperidine rings is 1. The number of ether oxygens (including phenoxy) is 1. The highest BCUT2D eigenvalue weighted by Crippen LogP contribution is 2.37. The van der Waals surface area contributed by atoms with Crippen LogP contribution in [0.15, 0.2) is 24.3 Å². The van der Waals surface area contributed by atoms with E-state index in [1.54, 1.807) is 7.11 Å². The van der Waals surface area contributed by atoms with E-state index in [4.69, 9.17) is 4.74 Å². The van der Waals surface area contributed by atoms with Crippen LogP contribution in [0.5, 0.6) is 5.75 Å². The minimum Gasteiger partial charge on any atom is -0.496 e. The summed E-state index contributed by atoms with van der Waals surface area (Å²) < 4.78 is 5.28. The fourth-order valence-corrected chi connectivity index (χ4v) is 3.31. The van der Waals surface area contributed by atoms with Gasteiger partial charge in [-0.15, -0.1) is 0 Å². The summed E-state index contributed by atoms with van der Waals surface area (Å²) in [6.45, 7) is 7.15. The average molecular weight is 289 g/mol. The molecule has 1 aliphatic rings. The van der Waals surface area contributed by atoms with E-state index in [-0.39, 0.29) is 5.78 Å². The first-order valence-electron chi connectivity index (χ1n) is 8.02. The Morgan fingerprint density at radius 3 is 2.38 bits per heavy atom. The summed E-state index contributed by atoms with van der Waals surface area (Å²) in [4.78, 5) is 14.8. The molecule has 0 amide bonds. The molecule has 0 atom stereocenters. The number of carbonyl (C=O) groups excluding carboxylic acids is 1. The number of methoxy groups -OCH3 is 1. The molecule has 1 heterocycles. The third-order valence-corrected chi connectivity index (χ3v) is 5.19. The molecular formula is C18H27NO2. The van der Waals surface area contributed by atoms with Gasteiger partial charge in [0.05, 0.1) is 19.2 Å². The van der Waals surface area contributed by atoms with Crippen LogP contribution in [0.25, 0.3) is 0 Å². The van der Waals surface area contributed by atoms with Crippen molar-refractivity contribution in [1.29, 1.82) is 0 Å². The van der Waals surface area contributed by atoms with E-state index in [2.05, 4.69) is 18.7 Å². The van der Waals surface area contributed by atoms with Crippen molar-refractivity contribution >= 4 is 5.78 Å². The summed E-state index contributed by atoms with van der Waals surface area (Å²) in [6, 6.07) is 7.49. The first-order chi connectivity index (χ1) is 10.1. The second kappa shape index (κ2) is 7.08. The van der Waals surface area contributed by atoms with Crippen molar-refractivity contribution in [3.63, 3.8) is 0 Å². The van der Waals surface area contributed by atoms with Crippen LogP contribution in [0.4, 0.5) is 0 Å². The lowest BCUT2D eigenvalue weighted by Crippen LogP contribution is -2.41. The number of para-hydroxylation sites is 1. The summed E-state index contributed by atoms with van der Waals surface area (Å²) in [7, 11) is 1.61. The van der Waals surface area contributed by atoms with Crippen LogP contribution in [0, 0.1) is 5.41 Å². The maximum atomic E-state index is 12.5. The van der Waals surface area contributed by atoms with E-state index >= 15 is 0 Å². The maximum Gasteiger partial charge on any atom is 0.180 e. The van der Waals surface area contributed by atoms with Crippen molar-refractivity contribution in [2.45, 2.75) is 39.5 Å². The van der Waals surface area contributed by atoms with Crippen LogP contribution in [-0.2, 0) is 0 Å². The molecule has 0 radical (unpaired) electrons. The van der Waals surface area contributed by atoms with Crippen LogP contribution in [-0.4, -0.2) is 37.4 Å². The molecule has 0 unspecified atom stereocenters. The summed E-state index contributed by atoms with van der Waals surface area (Å²) in [5.74, 6) is 0.837. The molecule has 116 valence electrons. The minimum absolute atomic E-state index is 0.160. The van der Waals surface area contributed by atoms with Crippen LogP contribution < -0.4 is 4.74 Å². The SMILES string of the molecule is CCC1(CC)CCN(CC(=O)c2ccccc2OC)CC1. The zero-order valence-electron chi connectivity index (χ0n) is 13.5. The van der Waals surface area contributed by atoms with E-state index in [0.717, 1.165) is 13.1 Å². The summed E-state index contributed by atoms with van der Waals surface area (Å²) in [5.41, 5.74) is 1.20. The highest BCUT2D eigenvalue weighted by molar-refractivity contribution is 6.00. The molecule has 0 N–H and O–H groups in total. The molecule has 0 saturated carbocycles. The maximum absolute atomic E-state index is 12.5. The van der Waals surface area contributed by atoms with Crippen molar-refractivity contribution in [2.24, 2.45) is 5.41 Å². The summed E-state index contributed by atoms with van der Waals surface area (Å²) >= 11 is 0. The lowest BCUT2D eigenvalue weighted by molar-refractivity contribution is 0.0754. The Morgan fingerprint density at radius 1 is 1.19 bits per heavy atom. The van der Waals surface area contributed by atoms with Gasteiger partial charge in [0.15, 0.2) is 5.78 Å². The van der Waals surface area contributed by atoms with E-state index in [0.29, 0.717) is 23.3 Å². The fourth-order valence-electron chi connectivity index (χ4n) is 3.31. The molecule has 0 spiro atoms. The smallest absolute Gasteiger partial charge is 0.180 e. The Bertz CT molecular complexity index is 470. The zero-order chi connectivity index (χ0) is 15.3. The first kappa shape index (κ1) is 16.0. The van der Waals surface area contributed by atoms with Gasteiger partial charge in [-0.25, -0.2) is 0 Å². The number of Topliss-reactive ketones (excluding diaryl/α,β-unsaturated/α-hetero) is 1. The van der Waals surface area contributed by atoms with Gasteiger partial charge in [-0.2, -0.15) is 0 Å². The number of carbonyl (C=O) groups is 1. The van der Waals surface area contributed by atoms with Gasteiger partial charge in [-0.1, -0.05) is 38.8 Å². The second-order valence-corrected chi connectivity index (χ2v) is 6.11. The second-order valence-electron chi connectivity index (χ2n) is 6.11. The third-order valence-electron chi connectivity index (χ3n) is 5.19. The minimum atomic E-state index is 0.160. The molecular weight excluding hydrogens is 262 g/mol. The molecule has 0 bridgehead atoms. The molecule has 21 heavy (non-hydrogen) atoms. The molecule has 1 aliphatic heterocycles. The Morgan fingerprint density at radius 2 is 1.81 bits per heavy atom. The number of likely N-dealkylation sites (tertiary alicyclic amines) is 1. The molecule has 1 saturated heterocycles. The van der Waals surface area contributed by atoms with E-state index < -0.39 is 0 Å². The van der Waals surface area contributed by atoms with Gasteiger partial charge in [0.2, 0.25) is 0 Å². The lowest BCUT2D eigenvalue weighted by atomic mass is 9.74. The fraction of sp³-hybridized carbons (Fsp3) is 0.611. The lowest BCUT2D eigenvalue weighted by Gasteiger charge is -2.40. The summed E-state index contributed by atoms with van der Waals surface area (Å²) in [5, 5.41) is 0. The Labute approximate surface area is 128 Å². The highest BCUT2D eigenvalue weighted by Gasteiger charge is 2.31. The topological polar surface area (TPSA) is 29.5 Å². The normalized spacial score (nSPS) is 18.4. The third kappa shape index (κ3) is 3.65. The van der Waals surface area contributed by atoms with E-state index in [9.17, 15) is 4.79 Å². The molecule has 1 aromatic carbocycles. The van der Waals surface area contributed by atoms with Gasteiger partial charge in [0.1, 0.15) is 5.75 Å². The van der Waals surface area contributed by atoms with Crippen molar-refractivity contribution in [2.75, 3.05) is 26.7 Å². The largest absolute Gasteiger partial charge is 0.496 e. The number of nitrogens with zero attached hydrogens (tertiary/aromatic N) is 1. The van der Waals surface area contributed by atoms with Crippen LogP contribution in [0.3, 0.4) is 0 Å². The zero-order valence-corrected chi connectivity index (χ0v) is 13.5. The van der Waals surface area contributed by atoms with Crippen LogP contribution in [0.2, 0.25) is 0 Å². The van der Waals surface area contributed by atoms with Gasteiger partial charge < -0.3 is 4.74 Å². The monoisotopic (exact) mass is 289 g/mol. The number of hydrogen-bond donors (Lipinski definition) is 0. The Hall–Kier alpha value is -1.35. The van der Waals surface area contributed by atoms with E-state index in [1.807, 2.05) is 24.3 Å². The first-order valence-corrected chi connectivity index (χ1v) is 8.02. The molecule has 1 fully saturated rings. The highest BCUT2D eigenvalue weighted by atomic mass is 16.5. The van der Waals surface area contributed by atoms with Gasteiger partial charge in [0.25, 0.3) is 0 Å². The standard InChI is InChI=1S/C18H27NO2/c1-4-18(5-2)10-12-19(13-11-18)14-16(20)15-8-6-7-9-17(15)21-3/h6-9H,4-5,10-14H2,1-3H3. The van der Waals surface area contributed by atoms with Crippen molar-refractivity contribution < 1.29 is 9.53 Å². The van der Waals surface area contributed by atoms with Gasteiger partial charge >= 0.3 is 0 Å². The van der Waals surface area contributed by atoms with Gasteiger partial charge in [0, 0.05) is 0 Å². The predicted molar refractivity (Wildman–Crippen MR) is 86.0 cm³/mol. The molecule has 1 aromatic rings. The van der Waals surface area contributed by atoms with Gasteiger partial charge in [-0.05, 0) is 43.5 Å². The Balaban J connectivity index is 1.96. The predicted octanol–water partition coefficient (Wildman–Crippen LogP) is 3.78. The summed E-state index contributed by atoms with van der Waals surface area (Å²) in [6.07, 6.45) is 4.91. The average Bonchev–Trinajstić information content (AvgIpc) is 2.55.